The molecule has 1 aromatic carbocycles. The van der Waals surface area contributed by atoms with Gasteiger partial charge in [0.15, 0.2) is 6.04 Å². The molecule has 0 fully saturated rings. The minimum atomic E-state index is -1.55. The number of ether oxygens (including phenoxy) is 3. The lowest BCUT2D eigenvalue weighted by molar-refractivity contribution is -0.161. The van der Waals surface area contributed by atoms with Crippen LogP contribution < -0.4 is 16.0 Å². The SMILES string of the molecule is CCCCCCCCCCCCC[C@@H](OC(=O)[C@H](COCc1ccccc1)NC(=O)[C@@H](NC(=O)[C@@H](NC(=O)OC(C)(C)C)C(C)C)[C@@H](C)O)[C@H](C)[C@@H](O)CC(=O)O. The van der Waals surface area contributed by atoms with E-state index in [2.05, 4.69) is 22.9 Å². The minimum absolute atomic E-state index is 0.0966. The summed E-state index contributed by atoms with van der Waals surface area (Å²) in [5, 5.41) is 38.3. The second kappa shape index (κ2) is 27.8. The van der Waals surface area contributed by atoms with E-state index in [-0.39, 0.29) is 13.2 Å². The zero-order valence-electron chi connectivity index (χ0n) is 35.7. The Morgan fingerprint density at radius 2 is 1.28 bits per heavy atom. The Bertz CT molecular complexity index is 1320. The van der Waals surface area contributed by atoms with Gasteiger partial charge in [0.25, 0.3) is 0 Å². The van der Waals surface area contributed by atoms with E-state index in [9.17, 15) is 39.3 Å². The first-order valence-electron chi connectivity index (χ1n) is 20.9. The van der Waals surface area contributed by atoms with Gasteiger partial charge in [0.05, 0.1) is 31.8 Å². The van der Waals surface area contributed by atoms with Gasteiger partial charge in [-0.3, -0.25) is 14.4 Å². The number of benzene rings is 1. The maximum atomic E-state index is 13.9. The predicted molar refractivity (Wildman–Crippen MR) is 218 cm³/mol. The van der Waals surface area contributed by atoms with Crippen LogP contribution in [-0.2, 0) is 40.0 Å². The molecule has 0 spiro atoms. The third-order valence-electron chi connectivity index (χ3n) is 9.62. The number of hydrogen-bond acceptors (Lipinski definition) is 10. The third-order valence-corrected chi connectivity index (χ3v) is 9.62. The highest BCUT2D eigenvalue weighted by Crippen LogP contribution is 2.23. The smallest absolute Gasteiger partial charge is 0.408 e. The molecule has 326 valence electrons. The second-order valence-electron chi connectivity index (χ2n) is 16.5. The van der Waals surface area contributed by atoms with Crippen molar-refractivity contribution in [3.8, 4) is 0 Å². The van der Waals surface area contributed by atoms with Gasteiger partial charge >= 0.3 is 18.0 Å². The minimum Gasteiger partial charge on any atom is -0.481 e. The molecule has 14 heteroatoms. The van der Waals surface area contributed by atoms with Crippen molar-refractivity contribution in [2.75, 3.05) is 6.61 Å². The number of esters is 1. The van der Waals surface area contributed by atoms with Crippen LogP contribution in [0.4, 0.5) is 4.79 Å². The van der Waals surface area contributed by atoms with Gasteiger partial charge in [0.1, 0.15) is 23.8 Å². The van der Waals surface area contributed by atoms with Crippen LogP contribution >= 0.6 is 0 Å². The molecular weight excluding hydrogens is 734 g/mol. The van der Waals surface area contributed by atoms with Crippen LogP contribution in [0.25, 0.3) is 0 Å². The Balaban J connectivity index is 3.16. The van der Waals surface area contributed by atoms with Crippen molar-refractivity contribution < 1.29 is 53.5 Å². The molecule has 1 aromatic rings. The molecule has 1 rings (SSSR count). The Morgan fingerprint density at radius 1 is 0.737 bits per heavy atom. The van der Waals surface area contributed by atoms with Crippen molar-refractivity contribution in [3.63, 3.8) is 0 Å². The molecule has 0 bridgehead atoms. The van der Waals surface area contributed by atoms with E-state index in [4.69, 9.17) is 14.2 Å². The molecular formula is C43H73N3O11. The van der Waals surface area contributed by atoms with Gasteiger partial charge in [-0.25, -0.2) is 9.59 Å². The summed E-state index contributed by atoms with van der Waals surface area (Å²) in [4.78, 5) is 65.0. The van der Waals surface area contributed by atoms with Gasteiger partial charge in [-0.05, 0) is 52.0 Å². The van der Waals surface area contributed by atoms with Gasteiger partial charge in [0, 0.05) is 5.92 Å². The molecule has 0 heterocycles. The molecule has 0 saturated heterocycles. The monoisotopic (exact) mass is 808 g/mol. The van der Waals surface area contributed by atoms with E-state index in [1.165, 1.54) is 45.4 Å². The van der Waals surface area contributed by atoms with Crippen molar-refractivity contribution in [2.45, 2.75) is 188 Å². The number of carboxylic acid groups (broad SMARTS) is 1. The summed E-state index contributed by atoms with van der Waals surface area (Å²) in [6.45, 7) is 13.3. The van der Waals surface area contributed by atoms with Crippen LogP contribution in [0, 0.1) is 11.8 Å². The fraction of sp³-hybridized carbons (Fsp3) is 0.744. The summed E-state index contributed by atoms with van der Waals surface area (Å²) < 4.78 is 17.1. The number of nitrogens with one attached hydrogen (secondary N) is 3. The molecule has 6 N–H and O–H groups in total. The summed E-state index contributed by atoms with van der Waals surface area (Å²) in [7, 11) is 0. The van der Waals surface area contributed by atoms with Crippen molar-refractivity contribution >= 4 is 29.8 Å². The van der Waals surface area contributed by atoms with Crippen LogP contribution in [0.3, 0.4) is 0 Å². The highest BCUT2D eigenvalue weighted by Gasteiger charge is 2.36. The molecule has 0 aliphatic heterocycles. The third kappa shape index (κ3) is 22.7. The number of aliphatic hydroxyl groups excluding tert-OH is 2. The standard InChI is InChI=1S/C43H73N3O11/c1-9-10-11-12-13-14-15-16-17-18-22-25-35(30(4)34(48)26-36(49)50)56-41(53)33(28-55-27-32-23-20-19-21-24-32)44-40(52)38(31(5)47)45-39(51)37(29(2)3)46-42(54)57-43(6,7)8/h19-21,23-24,29-31,33-35,37-38,47-48H,9-18,22,25-28H2,1-8H3,(H,44,52)(H,45,51)(H,46,54)(H,49,50)/t30-,31-,33+,34+,35-,37+,38+/m1/s1. The van der Waals surface area contributed by atoms with Gasteiger partial charge in [-0.2, -0.15) is 0 Å². The molecule has 0 unspecified atom stereocenters. The van der Waals surface area contributed by atoms with Crippen LogP contribution in [-0.4, -0.2) is 93.8 Å². The molecule has 0 saturated carbocycles. The summed E-state index contributed by atoms with van der Waals surface area (Å²) >= 11 is 0. The number of amides is 3. The topological polar surface area (TPSA) is 210 Å². The Kier molecular flexibility index (Phi) is 25.0. The molecule has 7 atom stereocenters. The van der Waals surface area contributed by atoms with Crippen LogP contribution in [0.15, 0.2) is 30.3 Å². The van der Waals surface area contributed by atoms with Gasteiger partial charge in [-0.1, -0.05) is 122 Å². The summed E-state index contributed by atoms with van der Waals surface area (Å²) in [6, 6.07) is 5.07. The van der Waals surface area contributed by atoms with E-state index in [0.29, 0.717) is 12.8 Å². The average Bonchev–Trinajstić information content (AvgIpc) is 3.12. The maximum absolute atomic E-state index is 13.9. The number of hydrogen-bond donors (Lipinski definition) is 6. The normalized spacial score (nSPS) is 15.4. The van der Waals surface area contributed by atoms with Crippen LogP contribution in [0.1, 0.15) is 144 Å². The van der Waals surface area contributed by atoms with Crippen LogP contribution in [0.5, 0.6) is 0 Å². The molecule has 14 nitrogen and oxygen atoms in total. The number of aliphatic carboxylic acids is 1. The van der Waals surface area contributed by atoms with Crippen molar-refractivity contribution in [3.05, 3.63) is 35.9 Å². The highest BCUT2D eigenvalue weighted by molar-refractivity contribution is 5.93. The lowest BCUT2D eigenvalue weighted by atomic mass is 9.91. The van der Waals surface area contributed by atoms with E-state index in [1.807, 2.05) is 30.3 Å². The number of rotatable bonds is 29. The molecule has 0 aliphatic carbocycles. The van der Waals surface area contributed by atoms with Gasteiger partial charge in [0.2, 0.25) is 11.8 Å². The van der Waals surface area contributed by atoms with E-state index in [1.54, 1.807) is 41.5 Å². The second-order valence-corrected chi connectivity index (χ2v) is 16.5. The van der Waals surface area contributed by atoms with Gasteiger partial charge in [-0.15, -0.1) is 0 Å². The van der Waals surface area contributed by atoms with Crippen molar-refractivity contribution in [2.24, 2.45) is 11.8 Å². The summed E-state index contributed by atoms with van der Waals surface area (Å²) in [6.07, 6.45) is 7.60. The number of aliphatic hydroxyl groups is 2. The number of carbonyl (C=O) groups excluding carboxylic acids is 4. The molecule has 3 amide bonds. The Morgan fingerprint density at radius 3 is 1.79 bits per heavy atom. The lowest BCUT2D eigenvalue weighted by Gasteiger charge is -2.30. The van der Waals surface area contributed by atoms with Crippen LogP contribution in [0.2, 0.25) is 0 Å². The largest absolute Gasteiger partial charge is 0.481 e. The fourth-order valence-electron chi connectivity index (χ4n) is 6.20. The highest BCUT2D eigenvalue weighted by atomic mass is 16.6. The van der Waals surface area contributed by atoms with Crippen molar-refractivity contribution in [1.29, 1.82) is 0 Å². The fourth-order valence-corrected chi connectivity index (χ4v) is 6.20. The number of unbranched alkanes of at least 4 members (excludes halogenated alkanes) is 10. The summed E-state index contributed by atoms with van der Waals surface area (Å²) in [5.41, 5.74) is -0.0175. The Hall–Kier alpha value is -3.75. The zero-order valence-corrected chi connectivity index (χ0v) is 35.7. The van der Waals surface area contributed by atoms with E-state index in [0.717, 1.165) is 31.2 Å². The molecule has 0 aliphatic rings. The van der Waals surface area contributed by atoms with Gasteiger partial charge < -0.3 is 45.5 Å². The predicted octanol–water partition coefficient (Wildman–Crippen LogP) is 6.19. The average molecular weight is 808 g/mol. The number of carbonyl (C=O) groups is 5. The number of alkyl carbamates (subject to hydrolysis) is 1. The maximum Gasteiger partial charge on any atom is 0.408 e. The lowest BCUT2D eigenvalue weighted by Crippen LogP contribution is -2.60. The first-order chi connectivity index (χ1) is 26.9. The van der Waals surface area contributed by atoms with Crippen molar-refractivity contribution in [1.82, 2.24) is 16.0 Å². The molecule has 0 radical (unpaired) electrons. The number of carboxylic acids is 1. The van der Waals surface area contributed by atoms with E-state index < -0.39 is 90.1 Å². The first-order valence-corrected chi connectivity index (χ1v) is 20.9. The zero-order chi connectivity index (χ0) is 43.0. The van der Waals surface area contributed by atoms with E-state index >= 15 is 0 Å². The first kappa shape index (κ1) is 51.3. The summed E-state index contributed by atoms with van der Waals surface area (Å²) in [5.74, 6) is -4.93. The molecule has 57 heavy (non-hydrogen) atoms. The molecule has 0 aromatic heterocycles. The quantitative estimate of drug-likeness (QED) is 0.0397. The Labute approximate surface area is 340 Å².